The van der Waals surface area contributed by atoms with E-state index in [0.29, 0.717) is 4.52 Å². The molecule has 0 unspecified atom stereocenters. The molecule has 0 aliphatic heterocycles. The number of sulfonamides is 1. The number of methoxy groups -OCH3 is 1. The normalized spacial score (nSPS) is 11.5. The summed E-state index contributed by atoms with van der Waals surface area (Å²) >= 11 is 5.96. The van der Waals surface area contributed by atoms with Gasteiger partial charge in [0.25, 0.3) is 15.2 Å². The molecule has 0 atom stereocenters. The number of hydrogen-bond donors (Lipinski definition) is 2. The number of carbonyl (C=O) groups is 1. The van der Waals surface area contributed by atoms with Crippen LogP contribution in [-0.4, -0.2) is 41.1 Å². The van der Waals surface area contributed by atoms with Crippen LogP contribution in [0.2, 0.25) is 5.02 Å². The third-order valence-electron chi connectivity index (χ3n) is 3.18. The van der Waals surface area contributed by atoms with Gasteiger partial charge in [-0.15, -0.1) is 5.10 Å². The average Bonchev–Trinajstić information content (AvgIpc) is 3.01. The number of rotatable bonds is 4. The van der Waals surface area contributed by atoms with Crippen LogP contribution in [0, 0.1) is 5.95 Å². The number of nitrogens with zero attached hydrogens (tertiary/aromatic N) is 3. The van der Waals surface area contributed by atoms with Crippen molar-refractivity contribution >= 4 is 38.9 Å². The van der Waals surface area contributed by atoms with Gasteiger partial charge in [0, 0.05) is 6.07 Å². The first kappa shape index (κ1) is 17.8. The van der Waals surface area contributed by atoms with Gasteiger partial charge in [-0.05, 0) is 12.1 Å². The van der Waals surface area contributed by atoms with Crippen molar-refractivity contribution in [2.75, 3.05) is 11.8 Å². The Labute approximate surface area is 149 Å². The number of ether oxygens (including phenoxy) is 1. The minimum atomic E-state index is -4.45. The van der Waals surface area contributed by atoms with Crippen molar-refractivity contribution in [2.45, 2.75) is 5.16 Å². The number of hydrogen-bond acceptors (Lipinski definition) is 7. The van der Waals surface area contributed by atoms with Gasteiger partial charge in [-0.2, -0.15) is 22.3 Å². The second-order valence-corrected chi connectivity index (χ2v) is 6.83. The first-order valence-corrected chi connectivity index (χ1v) is 8.64. The number of para-hydroxylation sites is 1. The van der Waals surface area contributed by atoms with E-state index >= 15 is 0 Å². The highest BCUT2D eigenvalue weighted by molar-refractivity contribution is 7.92. The van der Waals surface area contributed by atoms with Gasteiger partial charge in [-0.25, -0.2) is 9.59 Å². The fourth-order valence-electron chi connectivity index (χ4n) is 2.05. The summed E-state index contributed by atoms with van der Waals surface area (Å²) in [5.41, 5.74) is -1.72. The zero-order chi connectivity index (χ0) is 19.1. The Morgan fingerprint density at radius 2 is 2.15 bits per heavy atom. The first-order chi connectivity index (χ1) is 12.2. The summed E-state index contributed by atoms with van der Waals surface area (Å²) in [6.45, 7) is 0. The number of nitrogens with one attached hydrogen (secondary N) is 2. The molecule has 0 spiro atoms. The Hall–Kier alpha value is -2.99. The Kier molecular flexibility index (Phi) is 4.38. The molecule has 0 amide bonds. The molecule has 10 nitrogen and oxygen atoms in total. The number of aromatic nitrogens is 4. The monoisotopic (exact) mass is 401 g/mol. The lowest BCUT2D eigenvalue weighted by Crippen LogP contribution is -2.20. The molecule has 2 N–H and O–H groups in total. The highest BCUT2D eigenvalue weighted by Crippen LogP contribution is 2.28. The first-order valence-electron chi connectivity index (χ1n) is 6.78. The molecule has 3 rings (SSSR count). The number of anilines is 1. The van der Waals surface area contributed by atoms with Crippen molar-refractivity contribution in [1.29, 1.82) is 0 Å². The molecule has 2 aromatic heterocycles. The maximum absolute atomic E-state index is 13.2. The number of fused-ring (bicyclic) bond motifs is 1. The van der Waals surface area contributed by atoms with Crippen molar-refractivity contribution < 1.29 is 22.3 Å². The van der Waals surface area contributed by atoms with Crippen LogP contribution >= 0.6 is 11.6 Å². The Balaban J connectivity index is 2.10. The molecule has 3 aromatic rings. The summed E-state index contributed by atoms with van der Waals surface area (Å²) in [5.74, 6) is -1.84. The van der Waals surface area contributed by atoms with E-state index in [1.165, 1.54) is 18.2 Å². The molecule has 26 heavy (non-hydrogen) atoms. The molecule has 2 heterocycles. The standard InChI is InChI=1S/C13H9ClFN5O5S/c1-25-11(21)6-3-2-4-7(14)10(6)19-26(23,24)12-17-9-5-8(15)16-13(22)20(9)18-12/h2-5,19H,1H3,(H,16,22). The number of aromatic amines is 1. The Morgan fingerprint density at radius 1 is 1.42 bits per heavy atom. The van der Waals surface area contributed by atoms with Crippen molar-refractivity contribution in [3.8, 4) is 0 Å². The Bertz CT molecular complexity index is 1190. The Morgan fingerprint density at radius 3 is 2.85 bits per heavy atom. The molecule has 0 aliphatic rings. The number of benzene rings is 1. The lowest BCUT2D eigenvalue weighted by Gasteiger charge is -2.11. The maximum atomic E-state index is 13.2. The van der Waals surface area contributed by atoms with Gasteiger partial charge in [0.1, 0.15) is 0 Å². The van der Waals surface area contributed by atoms with Crippen LogP contribution in [0.1, 0.15) is 10.4 Å². The van der Waals surface area contributed by atoms with Crippen molar-refractivity contribution in [3.63, 3.8) is 0 Å². The van der Waals surface area contributed by atoms with Crippen LogP contribution in [-0.2, 0) is 14.8 Å². The average molecular weight is 402 g/mol. The zero-order valence-electron chi connectivity index (χ0n) is 12.9. The van der Waals surface area contributed by atoms with Crippen LogP contribution in [0.25, 0.3) is 5.65 Å². The van der Waals surface area contributed by atoms with E-state index in [-0.39, 0.29) is 21.9 Å². The van der Waals surface area contributed by atoms with Gasteiger partial charge in [0.15, 0.2) is 11.6 Å². The van der Waals surface area contributed by atoms with Gasteiger partial charge in [-0.1, -0.05) is 17.7 Å². The van der Waals surface area contributed by atoms with Gasteiger partial charge in [-0.3, -0.25) is 9.71 Å². The SMILES string of the molecule is COC(=O)c1cccc(Cl)c1NS(=O)(=O)c1nc2cc(F)[nH]c(=O)n2n1. The molecule has 0 bridgehead atoms. The fourth-order valence-corrected chi connectivity index (χ4v) is 3.31. The van der Waals surface area contributed by atoms with Crippen LogP contribution in [0.3, 0.4) is 0 Å². The molecule has 1 aromatic carbocycles. The van der Waals surface area contributed by atoms with E-state index in [0.717, 1.165) is 13.2 Å². The number of halogens is 2. The zero-order valence-corrected chi connectivity index (χ0v) is 14.4. The topological polar surface area (TPSA) is 136 Å². The number of H-pyrrole nitrogens is 1. The van der Waals surface area contributed by atoms with E-state index in [1.807, 2.05) is 4.98 Å². The van der Waals surface area contributed by atoms with Gasteiger partial charge < -0.3 is 4.74 Å². The summed E-state index contributed by atoms with van der Waals surface area (Å²) in [6.07, 6.45) is 0. The number of carbonyl (C=O) groups excluding carboxylic acids is 1. The van der Waals surface area contributed by atoms with Crippen LogP contribution < -0.4 is 10.4 Å². The predicted molar refractivity (Wildman–Crippen MR) is 87.2 cm³/mol. The quantitative estimate of drug-likeness (QED) is 0.487. The molecular formula is C13H9ClFN5O5S. The number of esters is 1. The highest BCUT2D eigenvalue weighted by Gasteiger charge is 2.25. The third-order valence-corrected chi connectivity index (χ3v) is 4.62. The molecule has 0 saturated carbocycles. The van der Waals surface area contributed by atoms with Crippen LogP contribution in [0.5, 0.6) is 0 Å². The summed E-state index contributed by atoms with van der Waals surface area (Å²) < 4.78 is 45.5. The van der Waals surface area contributed by atoms with Crippen LogP contribution in [0.15, 0.2) is 34.2 Å². The molecule has 0 fully saturated rings. The van der Waals surface area contributed by atoms with Gasteiger partial charge >= 0.3 is 11.7 Å². The molecule has 0 saturated heterocycles. The molecular weight excluding hydrogens is 393 g/mol. The van der Waals surface area contributed by atoms with E-state index < -0.39 is 32.8 Å². The summed E-state index contributed by atoms with van der Waals surface area (Å²) in [4.78, 5) is 28.8. The molecule has 13 heteroatoms. The summed E-state index contributed by atoms with van der Waals surface area (Å²) in [5, 5.41) is 2.64. The summed E-state index contributed by atoms with van der Waals surface area (Å²) in [7, 11) is -3.33. The minimum absolute atomic E-state index is 0.0795. The lowest BCUT2D eigenvalue weighted by molar-refractivity contribution is 0.0602. The maximum Gasteiger partial charge on any atom is 0.350 e. The summed E-state index contributed by atoms with van der Waals surface area (Å²) in [6, 6.07) is 4.87. The molecule has 0 aliphatic carbocycles. The second kappa shape index (κ2) is 6.38. The predicted octanol–water partition coefficient (Wildman–Crippen LogP) is 0.797. The van der Waals surface area contributed by atoms with Gasteiger partial charge in [0.05, 0.1) is 23.4 Å². The van der Waals surface area contributed by atoms with E-state index in [2.05, 4.69) is 19.5 Å². The molecule has 0 radical (unpaired) electrons. The smallest absolute Gasteiger partial charge is 0.350 e. The van der Waals surface area contributed by atoms with E-state index in [9.17, 15) is 22.4 Å². The molecule has 136 valence electrons. The van der Waals surface area contributed by atoms with Gasteiger partial charge in [0.2, 0.25) is 0 Å². The van der Waals surface area contributed by atoms with Crippen molar-refractivity contribution in [3.05, 3.63) is 51.3 Å². The highest BCUT2D eigenvalue weighted by atomic mass is 35.5. The third kappa shape index (κ3) is 3.11. The van der Waals surface area contributed by atoms with E-state index in [1.54, 1.807) is 0 Å². The van der Waals surface area contributed by atoms with Crippen molar-refractivity contribution in [2.24, 2.45) is 0 Å². The van der Waals surface area contributed by atoms with E-state index in [4.69, 9.17) is 11.6 Å². The minimum Gasteiger partial charge on any atom is -0.465 e. The van der Waals surface area contributed by atoms with Crippen LogP contribution in [0.4, 0.5) is 10.1 Å². The lowest BCUT2D eigenvalue weighted by atomic mass is 10.2. The largest absolute Gasteiger partial charge is 0.465 e. The second-order valence-electron chi connectivity index (χ2n) is 4.85. The van der Waals surface area contributed by atoms with Crippen molar-refractivity contribution in [1.82, 2.24) is 19.6 Å². The fraction of sp³-hybridized carbons (Fsp3) is 0.0769.